The van der Waals surface area contributed by atoms with Crippen molar-refractivity contribution in [1.82, 2.24) is 0 Å². The second-order valence-corrected chi connectivity index (χ2v) is 7.85. The molecule has 33 heavy (non-hydrogen) atoms. The highest BCUT2D eigenvalue weighted by atomic mass is 16.6. The molecule has 0 spiro atoms. The van der Waals surface area contributed by atoms with Gasteiger partial charge in [-0.25, -0.2) is 4.79 Å². The van der Waals surface area contributed by atoms with Crippen LogP contribution in [0, 0.1) is 0 Å². The second kappa shape index (κ2) is 8.53. The van der Waals surface area contributed by atoms with Gasteiger partial charge in [0.2, 0.25) is 0 Å². The van der Waals surface area contributed by atoms with Gasteiger partial charge in [0.05, 0.1) is 20.3 Å². The molecule has 0 aliphatic carbocycles. The van der Waals surface area contributed by atoms with Crippen molar-refractivity contribution in [2.24, 2.45) is 0 Å². The van der Waals surface area contributed by atoms with E-state index in [9.17, 15) is 24.6 Å². The quantitative estimate of drug-likeness (QED) is 0.274. The molecule has 2 aliphatic rings. The molecule has 2 aromatic carbocycles. The van der Waals surface area contributed by atoms with E-state index in [1.807, 2.05) is 0 Å². The Kier molecular flexibility index (Phi) is 5.89. The van der Waals surface area contributed by atoms with Gasteiger partial charge in [-0.1, -0.05) is 6.58 Å². The average molecular weight is 454 g/mol. The van der Waals surface area contributed by atoms with Crippen LogP contribution in [0.2, 0.25) is 0 Å². The first-order valence-electron chi connectivity index (χ1n) is 10.1. The Balaban J connectivity index is 1.53. The van der Waals surface area contributed by atoms with Gasteiger partial charge in [-0.05, 0) is 48.5 Å². The zero-order valence-electron chi connectivity index (χ0n) is 17.7. The topological polar surface area (TPSA) is 129 Å². The molecule has 0 radical (unpaired) electrons. The van der Waals surface area contributed by atoms with E-state index in [0.29, 0.717) is 5.75 Å². The Labute approximate surface area is 189 Å². The molecule has 0 amide bonds. The fourth-order valence-electron chi connectivity index (χ4n) is 4.01. The molecule has 2 saturated heterocycles. The molecule has 0 unspecified atom stereocenters. The molecule has 0 aromatic heterocycles. The molecule has 0 saturated carbocycles. The van der Waals surface area contributed by atoms with E-state index in [0.717, 1.165) is 6.08 Å². The van der Waals surface area contributed by atoms with Gasteiger partial charge in [0.15, 0.2) is 22.8 Å². The normalized spacial score (nSPS) is 28.1. The van der Waals surface area contributed by atoms with E-state index in [-0.39, 0.29) is 16.9 Å². The Bertz CT molecular complexity index is 1090. The third-order valence-corrected chi connectivity index (χ3v) is 5.82. The van der Waals surface area contributed by atoms with Crippen LogP contribution in [-0.2, 0) is 14.3 Å². The number of carbonyl (C=O) groups excluding carboxylic acids is 3. The number of aliphatic hydroxyl groups is 2. The number of ketones is 2. The van der Waals surface area contributed by atoms with Crippen LogP contribution in [0.5, 0.6) is 11.5 Å². The van der Waals surface area contributed by atoms with E-state index < -0.39 is 54.2 Å². The van der Waals surface area contributed by atoms with Crippen LogP contribution in [0.4, 0.5) is 0 Å². The van der Waals surface area contributed by atoms with Crippen LogP contribution in [0.15, 0.2) is 61.2 Å². The maximum absolute atomic E-state index is 13.1. The Morgan fingerprint density at radius 1 is 0.879 bits per heavy atom. The van der Waals surface area contributed by atoms with Gasteiger partial charge >= 0.3 is 5.97 Å². The first kappa shape index (κ1) is 22.8. The van der Waals surface area contributed by atoms with Crippen molar-refractivity contribution >= 4 is 17.5 Å². The van der Waals surface area contributed by atoms with Gasteiger partial charge in [-0.2, -0.15) is 0 Å². The zero-order chi connectivity index (χ0) is 23.8. The predicted octanol–water partition coefficient (Wildman–Crippen LogP) is 1.11. The van der Waals surface area contributed by atoms with Crippen LogP contribution in [-0.4, -0.2) is 71.5 Å². The van der Waals surface area contributed by atoms with Gasteiger partial charge in [-0.3, -0.25) is 9.59 Å². The van der Waals surface area contributed by atoms with Crippen LogP contribution >= 0.6 is 0 Å². The highest BCUT2D eigenvalue weighted by Crippen LogP contribution is 2.42. The summed E-state index contributed by atoms with van der Waals surface area (Å²) in [5, 5.41) is 22.3. The lowest BCUT2D eigenvalue weighted by atomic mass is 9.82. The molecule has 9 nitrogen and oxygen atoms in total. The molecule has 2 aromatic rings. The van der Waals surface area contributed by atoms with Crippen molar-refractivity contribution < 1.29 is 43.5 Å². The van der Waals surface area contributed by atoms with Crippen LogP contribution < -0.4 is 9.47 Å². The first-order chi connectivity index (χ1) is 15.7. The minimum absolute atomic E-state index is 0.112. The molecule has 4 rings (SSSR count). The summed E-state index contributed by atoms with van der Waals surface area (Å²) in [6.45, 7) is 2.40. The summed E-state index contributed by atoms with van der Waals surface area (Å²) in [5.74, 6) is -1.28. The van der Waals surface area contributed by atoms with Crippen molar-refractivity contribution in [1.29, 1.82) is 0 Å². The number of Topliss-reactive ketones (excluding diaryl/α,β-unsaturated/α-hetero) is 2. The standard InChI is InChI=1S/C24H22O9/c1-3-18(25)33-17-10-6-15(7-11-17)20(27)24(29)13-32-21-22(24)31-12-23(21,28)19(26)14-4-8-16(30-2)9-5-14/h3-11,21-22,28-29H,1,12-13H2,2H3/t21-,22-,23-,24+/m0/s1. The molecular weight excluding hydrogens is 432 g/mol. The Morgan fingerprint density at radius 3 is 1.70 bits per heavy atom. The van der Waals surface area contributed by atoms with E-state index in [1.165, 1.54) is 43.5 Å². The minimum Gasteiger partial charge on any atom is -0.497 e. The number of hydrogen-bond donors (Lipinski definition) is 2. The highest BCUT2D eigenvalue weighted by Gasteiger charge is 2.67. The Morgan fingerprint density at radius 2 is 1.30 bits per heavy atom. The SMILES string of the molecule is C=CC(=O)Oc1ccc(C(=O)[C@]2(O)CO[C@H]3[C@@H]2OC[C@]3(O)C(=O)c2ccc(OC)cc2)cc1. The van der Waals surface area contributed by atoms with Crippen molar-refractivity contribution in [3.63, 3.8) is 0 Å². The molecule has 172 valence electrons. The summed E-state index contributed by atoms with van der Waals surface area (Å²) in [5.41, 5.74) is -3.88. The van der Waals surface area contributed by atoms with Gasteiger partial charge in [0, 0.05) is 17.2 Å². The van der Waals surface area contributed by atoms with E-state index in [1.54, 1.807) is 12.1 Å². The number of ether oxygens (including phenoxy) is 4. The monoisotopic (exact) mass is 454 g/mol. The number of esters is 1. The van der Waals surface area contributed by atoms with Crippen LogP contribution in [0.1, 0.15) is 20.7 Å². The average Bonchev–Trinajstić information content (AvgIpc) is 3.37. The molecule has 4 atom stereocenters. The lowest BCUT2D eigenvalue weighted by Gasteiger charge is -2.26. The maximum atomic E-state index is 13.1. The van der Waals surface area contributed by atoms with Crippen molar-refractivity contribution in [3.8, 4) is 11.5 Å². The largest absolute Gasteiger partial charge is 0.497 e. The summed E-state index contributed by atoms with van der Waals surface area (Å²) in [7, 11) is 1.49. The maximum Gasteiger partial charge on any atom is 0.335 e. The number of carbonyl (C=O) groups is 3. The number of fused-ring (bicyclic) bond motifs is 1. The third-order valence-electron chi connectivity index (χ3n) is 5.82. The first-order valence-corrected chi connectivity index (χ1v) is 10.1. The molecular formula is C24H22O9. The van der Waals surface area contributed by atoms with Gasteiger partial charge < -0.3 is 29.2 Å². The molecule has 0 bridgehead atoms. The van der Waals surface area contributed by atoms with Crippen molar-refractivity contribution in [3.05, 3.63) is 72.3 Å². The number of benzene rings is 2. The summed E-state index contributed by atoms with van der Waals surface area (Å²) < 4.78 is 21.2. The fourth-order valence-corrected chi connectivity index (χ4v) is 4.01. The summed E-state index contributed by atoms with van der Waals surface area (Å²) in [6.07, 6.45) is -1.49. The highest BCUT2D eigenvalue weighted by molar-refractivity contribution is 6.05. The lowest BCUT2D eigenvalue weighted by Crippen LogP contribution is -2.54. The minimum atomic E-state index is -2.12. The molecule has 2 fully saturated rings. The third kappa shape index (κ3) is 3.85. The number of hydrogen-bond acceptors (Lipinski definition) is 9. The van der Waals surface area contributed by atoms with Gasteiger partial charge in [0.25, 0.3) is 0 Å². The van der Waals surface area contributed by atoms with Crippen molar-refractivity contribution in [2.45, 2.75) is 23.4 Å². The van der Waals surface area contributed by atoms with Crippen LogP contribution in [0.3, 0.4) is 0 Å². The predicted molar refractivity (Wildman–Crippen MR) is 113 cm³/mol. The Hall–Kier alpha value is -3.37. The van der Waals surface area contributed by atoms with E-state index in [4.69, 9.17) is 18.9 Å². The van der Waals surface area contributed by atoms with E-state index >= 15 is 0 Å². The van der Waals surface area contributed by atoms with Crippen LogP contribution in [0.25, 0.3) is 0 Å². The summed E-state index contributed by atoms with van der Waals surface area (Å²) in [6, 6.07) is 11.7. The smallest absolute Gasteiger partial charge is 0.335 e. The number of rotatable bonds is 7. The lowest BCUT2D eigenvalue weighted by molar-refractivity contribution is -0.128. The second-order valence-electron chi connectivity index (χ2n) is 7.85. The van der Waals surface area contributed by atoms with Gasteiger partial charge in [-0.15, -0.1) is 0 Å². The van der Waals surface area contributed by atoms with Crippen molar-refractivity contribution in [2.75, 3.05) is 20.3 Å². The van der Waals surface area contributed by atoms with E-state index in [2.05, 4.69) is 6.58 Å². The zero-order valence-corrected chi connectivity index (χ0v) is 17.7. The summed E-state index contributed by atoms with van der Waals surface area (Å²) in [4.78, 5) is 37.5. The number of methoxy groups -OCH3 is 1. The van der Waals surface area contributed by atoms with Gasteiger partial charge in [0.1, 0.15) is 23.7 Å². The molecule has 2 N–H and O–H groups in total. The molecule has 2 aliphatic heterocycles. The summed E-state index contributed by atoms with van der Waals surface area (Å²) >= 11 is 0. The fraction of sp³-hybridized carbons (Fsp3) is 0.292. The molecule has 2 heterocycles. The molecule has 9 heteroatoms.